The molecule has 0 unspecified atom stereocenters. The standard InChI is InChI=1S/C5H10.C2H3O2.Rh/c1-3-5-4-2;1-2(3)4;/h1-5H2;1H2,(H,3,4);/q-2;-1;+3. The summed E-state index contributed by atoms with van der Waals surface area (Å²) in [5.74, 6) is -1.08. The molecule has 0 heterocycles. The van der Waals surface area contributed by atoms with Gasteiger partial charge in [-0.1, -0.05) is 0 Å². The first-order valence-electron chi connectivity index (χ1n) is 2.78. The predicted molar refractivity (Wildman–Crippen MR) is 37.6 cm³/mol. The zero-order valence-corrected chi connectivity index (χ0v) is 7.57. The summed E-state index contributed by atoms with van der Waals surface area (Å²) in [5.41, 5.74) is 0. The smallest absolute Gasteiger partial charge is 0.503 e. The molecule has 0 bridgehead atoms. The van der Waals surface area contributed by atoms with Gasteiger partial charge in [0.25, 0.3) is 0 Å². The van der Waals surface area contributed by atoms with Gasteiger partial charge in [0.2, 0.25) is 0 Å². The Morgan fingerprint density at radius 2 is 1.50 bits per heavy atom. The minimum atomic E-state index is -1.08. The normalized spacial score (nSPS) is 6.60. The summed E-state index contributed by atoms with van der Waals surface area (Å²) in [6, 6.07) is 0. The van der Waals surface area contributed by atoms with E-state index in [2.05, 4.69) is 20.8 Å². The van der Waals surface area contributed by atoms with Crippen molar-refractivity contribution in [3.8, 4) is 0 Å². The molecule has 2 nitrogen and oxygen atoms in total. The molecule has 0 amide bonds. The van der Waals surface area contributed by atoms with E-state index < -0.39 is 5.97 Å². The third-order valence-corrected chi connectivity index (χ3v) is 0.500. The van der Waals surface area contributed by atoms with Crippen LogP contribution in [0.1, 0.15) is 19.3 Å². The fraction of sp³-hybridized carbons (Fsp3) is 0.429. The van der Waals surface area contributed by atoms with Crippen LogP contribution in [0.25, 0.3) is 0 Å². The van der Waals surface area contributed by atoms with Crippen molar-refractivity contribution < 1.29 is 29.4 Å². The zero-order chi connectivity index (χ0) is 7.70. The minimum absolute atomic E-state index is 0. The Balaban J connectivity index is -0.0000000910. The van der Waals surface area contributed by atoms with Gasteiger partial charge < -0.3 is 19.0 Å². The van der Waals surface area contributed by atoms with E-state index in [1.165, 1.54) is 6.42 Å². The Labute approximate surface area is 75.8 Å². The van der Waals surface area contributed by atoms with Gasteiger partial charge in [0, 0.05) is 0 Å². The largest absolute Gasteiger partial charge is 3.00 e. The Hall–Kier alpha value is -0.0366. The van der Waals surface area contributed by atoms with Crippen molar-refractivity contribution >= 4 is 5.97 Å². The van der Waals surface area contributed by atoms with Gasteiger partial charge in [-0.05, 0) is 0 Å². The third kappa shape index (κ3) is 100. The maximum absolute atomic E-state index is 8.89. The van der Waals surface area contributed by atoms with Crippen LogP contribution in [0.3, 0.4) is 0 Å². The Morgan fingerprint density at radius 1 is 1.30 bits per heavy atom. The second-order valence-electron chi connectivity index (χ2n) is 1.45. The van der Waals surface area contributed by atoms with E-state index in [0.717, 1.165) is 12.8 Å². The molecule has 0 aliphatic heterocycles. The molecule has 0 atom stereocenters. The molecule has 0 aliphatic rings. The van der Waals surface area contributed by atoms with E-state index in [1.54, 1.807) is 0 Å². The summed E-state index contributed by atoms with van der Waals surface area (Å²) in [6.45, 7) is 9.83. The van der Waals surface area contributed by atoms with Gasteiger partial charge in [0.15, 0.2) is 5.97 Å². The maximum atomic E-state index is 8.89. The number of rotatable bonds is 2. The summed E-state index contributed by atoms with van der Waals surface area (Å²) in [4.78, 5) is 8.89. The number of aliphatic carboxylic acids is 1. The van der Waals surface area contributed by atoms with E-state index in [-0.39, 0.29) is 19.5 Å². The van der Waals surface area contributed by atoms with Gasteiger partial charge >= 0.3 is 19.5 Å². The molecule has 0 rings (SSSR count). The average Bonchev–Trinajstić information content (AvgIpc) is 1.66. The Bertz CT molecular complexity index is 58.6. The molecule has 62 valence electrons. The van der Waals surface area contributed by atoms with E-state index in [0.29, 0.717) is 0 Å². The van der Waals surface area contributed by atoms with Gasteiger partial charge in [0.05, 0.1) is 0 Å². The van der Waals surface area contributed by atoms with Crippen molar-refractivity contribution in [3.05, 3.63) is 20.8 Å². The van der Waals surface area contributed by atoms with Crippen molar-refractivity contribution in [3.63, 3.8) is 0 Å². The summed E-state index contributed by atoms with van der Waals surface area (Å²) in [5, 5.41) is 7.31. The number of carboxylic acids is 1. The van der Waals surface area contributed by atoms with Crippen LogP contribution in [0.5, 0.6) is 0 Å². The van der Waals surface area contributed by atoms with E-state index in [9.17, 15) is 0 Å². The van der Waals surface area contributed by atoms with Gasteiger partial charge in [0.1, 0.15) is 0 Å². The molecule has 0 spiro atoms. The Kier molecular flexibility index (Phi) is 26.4. The molecule has 0 fully saturated rings. The van der Waals surface area contributed by atoms with Crippen molar-refractivity contribution in [1.29, 1.82) is 0 Å². The van der Waals surface area contributed by atoms with Crippen LogP contribution in [-0.2, 0) is 24.3 Å². The van der Waals surface area contributed by atoms with E-state index in [4.69, 9.17) is 9.90 Å². The number of carbonyl (C=O) groups is 1. The third-order valence-electron chi connectivity index (χ3n) is 0.500. The van der Waals surface area contributed by atoms with Gasteiger partial charge in [-0.2, -0.15) is 12.8 Å². The maximum Gasteiger partial charge on any atom is 3.00 e. The quantitative estimate of drug-likeness (QED) is 0.581. The first-order valence-corrected chi connectivity index (χ1v) is 2.78. The molecule has 1 N–H and O–H groups in total. The SMILES string of the molecule is [CH2-]C(=O)O.[CH2-]CCC[CH2-].[Rh+3]. The molecule has 0 aliphatic carbocycles. The molecule has 0 aromatic rings. The second-order valence-corrected chi connectivity index (χ2v) is 1.45. The number of hydrogen-bond donors (Lipinski definition) is 1. The van der Waals surface area contributed by atoms with Gasteiger partial charge in [-0.3, -0.25) is 11.7 Å². The minimum Gasteiger partial charge on any atom is -0.503 e. The molecule has 10 heavy (non-hydrogen) atoms. The molecule has 3 heteroatoms. The summed E-state index contributed by atoms with van der Waals surface area (Å²) in [6.07, 6.45) is 3.23. The predicted octanol–water partition coefficient (Wildman–Crippen LogP) is 1.73. The number of hydrogen-bond acceptors (Lipinski definition) is 1. The van der Waals surface area contributed by atoms with Gasteiger partial charge in [-0.15, -0.1) is 6.42 Å². The first-order chi connectivity index (χ1) is 4.15. The summed E-state index contributed by atoms with van der Waals surface area (Å²) >= 11 is 0. The molecular formula is C7H13O2Rh. The summed E-state index contributed by atoms with van der Waals surface area (Å²) < 4.78 is 0. The second kappa shape index (κ2) is 16.0. The molecule has 0 aromatic heterocycles. The van der Waals surface area contributed by atoms with E-state index >= 15 is 0 Å². The molecule has 0 radical (unpaired) electrons. The molecular weight excluding hydrogens is 219 g/mol. The van der Waals surface area contributed by atoms with Crippen molar-refractivity contribution in [2.45, 2.75) is 19.3 Å². The fourth-order valence-corrected chi connectivity index (χ4v) is 0.177. The number of unbranched alkanes of at least 4 members (excludes halogenated alkanes) is 2. The molecule has 0 saturated heterocycles. The van der Waals surface area contributed by atoms with Crippen molar-refractivity contribution in [2.24, 2.45) is 0 Å². The van der Waals surface area contributed by atoms with Crippen LogP contribution in [0.4, 0.5) is 0 Å². The first kappa shape index (κ1) is 16.5. The van der Waals surface area contributed by atoms with Crippen LogP contribution < -0.4 is 0 Å². The average molecular weight is 232 g/mol. The van der Waals surface area contributed by atoms with Gasteiger partial charge in [-0.25, -0.2) is 0 Å². The van der Waals surface area contributed by atoms with Crippen molar-refractivity contribution in [2.75, 3.05) is 0 Å². The molecule has 0 aromatic carbocycles. The number of carboxylic acid groups (broad SMARTS) is 1. The van der Waals surface area contributed by atoms with Crippen LogP contribution in [0.15, 0.2) is 0 Å². The van der Waals surface area contributed by atoms with E-state index in [1.807, 2.05) is 0 Å². The van der Waals surface area contributed by atoms with Crippen molar-refractivity contribution in [1.82, 2.24) is 0 Å². The zero-order valence-electron chi connectivity index (χ0n) is 5.93. The summed E-state index contributed by atoms with van der Waals surface area (Å²) in [7, 11) is 0. The topological polar surface area (TPSA) is 37.3 Å². The van der Waals surface area contributed by atoms with Crippen LogP contribution in [0, 0.1) is 20.8 Å². The van der Waals surface area contributed by atoms with Crippen LogP contribution in [0.2, 0.25) is 0 Å². The van der Waals surface area contributed by atoms with Crippen LogP contribution in [-0.4, -0.2) is 11.1 Å². The monoisotopic (exact) mass is 232 g/mol. The fourth-order valence-electron chi connectivity index (χ4n) is 0.177. The molecule has 0 saturated carbocycles. The Morgan fingerprint density at radius 3 is 1.50 bits per heavy atom. The van der Waals surface area contributed by atoms with Crippen LogP contribution >= 0.6 is 0 Å².